The van der Waals surface area contributed by atoms with Crippen LogP contribution in [0.4, 0.5) is 0 Å². The maximum Gasteiger partial charge on any atom is 0.664 e. The van der Waals surface area contributed by atoms with E-state index in [9.17, 15) is 4.57 Å². The van der Waals surface area contributed by atoms with Crippen LogP contribution in [0, 0.1) is 12.3 Å². The van der Waals surface area contributed by atoms with Crippen molar-refractivity contribution in [2.45, 2.75) is 0 Å². The Morgan fingerprint density at radius 3 is 3.00 bits per heavy atom. The van der Waals surface area contributed by atoms with Crippen molar-refractivity contribution in [3.63, 3.8) is 0 Å². The fraction of sp³-hybridized carbons (Fsp3) is 0. The first kappa shape index (κ1) is 5.55. The first-order chi connectivity index (χ1) is 3.83. The minimum absolute atomic E-state index is 0.371. The minimum Gasteiger partial charge on any atom is -0.231 e. The van der Waals surface area contributed by atoms with Crippen molar-refractivity contribution in [2.75, 3.05) is 0 Å². The summed E-state index contributed by atoms with van der Waals surface area (Å²) in [7, 11) is 1.11. The van der Waals surface area contributed by atoms with Gasteiger partial charge in [0.1, 0.15) is 10.9 Å². The number of hydrogen-bond donors (Lipinski definition) is 0. The van der Waals surface area contributed by atoms with E-state index in [1.807, 2.05) is 0 Å². The van der Waals surface area contributed by atoms with Crippen LogP contribution in [0.2, 0.25) is 0 Å². The van der Waals surface area contributed by atoms with E-state index in [0.717, 1.165) is 10.9 Å². The van der Waals surface area contributed by atoms with Crippen molar-refractivity contribution in [1.29, 1.82) is 0 Å². The summed E-state index contributed by atoms with van der Waals surface area (Å²) >= 11 is 0. The van der Waals surface area contributed by atoms with Crippen molar-refractivity contribution in [1.82, 2.24) is 0 Å². The molecule has 0 bridgehead atoms. The van der Waals surface area contributed by atoms with Gasteiger partial charge in [-0.3, -0.25) is 0 Å². The Kier molecular flexibility index (Phi) is 1.48. The highest BCUT2D eigenvalue weighted by Gasteiger charge is 2.04. The lowest BCUT2D eigenvalue weighted by Gasteiger charge is -1.58. The maximum atomic E-state index is 10.4. The lowest BCUT2D eigenvalue weighted by molar-refractivity contribution is 0.552. The van der Waals surface area contributed by atoms with Gasteiger partial charge in [0.05, 0.1) is 5.38 Å². The third kappa shape index (κ3) is 0.975. The van der Waals surface area contributed by atoms with Crippen molar-refractivity contribution in [2.24, 2.45) is 0 Å². The second-order valence-corrected chi connectivity index (χ2v) is 3.65. The molecule has 0 amide bonds. The molecule has 0 fully saturated rings. The molecular formula is C4H2O2PS+. The van der Waals surface area contributed by atoms with Crippen LogP contribution in [0.1, 0.15) is 5.76 Å². The molecular weight excluding hydrogens is 143 g/mol. The van der Waals surface area contributed by atoms with E-state index in [0.29, 0.717) is 5.76 Å². The van der Waals surface area contributed by atoms with Crippen LogP contribution in [0.25, 0.3) is 0 Å². The molecule has 0 aliphatic heterocycles. The van der Waals surface area contributed by atoms with Crippen LogP contribution in [0.5, 0.6) is 0 Å². The first-order valence-corrected chi connectivity index (χ1v) is 4.48. The van der Waals surface area contributed by atoms with Gasteiger partial charge in [-0.05, 0) is 10.5 Å². The highest BCUT2D eigenvalue weighted by Crippen LogP contribution is 2.23. The van der Waals surface area contributed by atoms with Gasteiger partial charge >= 0.3 is 6.83 Å². The number of terminal acetylenes is 1. The van der Waals surface area contributed by atoms with Crippen LogP contribution >= 0.6 is 17.8 Å². The topological polar surface area (TPSA) is 30.2 Å². The SMILES string of the molecule is C#Cc1cs[p+](=O)o1. The molecule has 40 valence electrons. The molecule has 0 aliphatic carbocycles. The van der Waals surface area contributed by atoms with E-state index in [4.69, 9.17) is 6.42 Å². The zero-order valence-electron chi connectivity index (χ0n) is 3.83. The Morgan fingerprint density at radius 2 is 2.75 bits per heavy atom. The quantitative estimate of drug-likeness (QED) is 0.523. The Hall–Kier alpha value is -0.580. The monoisotopic (exact) mass is 145 g/mol. The Labute approximate surface area is 50.7 Å². The maximum absolute atomic E-state index is 10.4. The van der Waals surface area contributed by atoms with Gasteiger partial charge in [0, 0.05) is 0 Å². The summed E-state index contributed by atoms with van der Waals surface area (Å²) in [5, 5.41) is 1.57. The standard InChI is InChI=1S/C4H2O2PS/c1-2-4-3-8-7(5)6-4/h1,3H/q+1. The molecule has 0 radical (unpaired) electrons. The van der Waals surface area contributed by atoms with Crippen LogP contribution in [-0.4, -0.2) is 0 Å². The van der Waals surface area contributed by atoms with E-state index in [2.05, 4.69) is 10.1 Å². The van der Waals surface area contributed by atoms with Gasteiger partial charge in [-0.15, -0.1) is 6.42 Å². The molecule has 1 aromatic rings. The Bertz CT molecular complexity index is 266. The Morgan fingerprint density at radius 1 is 2.00 bits per heavy atom. The molecule has 1 aromatic heterocycles. The normalized spacial score (nSPS) is 10.6. The second kappa shape index (κ2) is 2.13. The summed E-state index contributed by atoms with van der Waals surface area (Å²) in [5.74, 6) is 2.60. The largest absolute Gasteiger partial charge is 0.664 e. The van der Waals surface area contributed by atoms with Gasteiger partial charge < -0.3 is 0 Å². The second-order valence-electron chi connectivity index (χ2n) is 1.05. The smallest absolute Gasteiger partial charge is 0.231 e. The summed E-state index contributed by atoms with van der Waals surface area (Å²) in [5.41, 5.74) is 0. The number of rotatable bonds is 0. The molecule has 0 spiro atoms. The Balaban J connectivity index is 3.25. The molecule has 4 heteroatoms. The molecule has 0 N–H and O–H groups in total. The minimum atomic E-state index is -1.58. The molecule has 2 nitrogen and oxygen atoms in total. The van der Waals surface area contributed by atoms with Crippen LogP contribution < -0.4 is 0 Å². The summed E-state index contributed by atoms with van der Waals surface area (Å²) < 4.78 is 15.0. The molecule has 1 rings (SSSR count). The molecule has 1 heterocycles. The lowest BCUT2D eigenvalue weighted by atomic mass is 10.6. The van der Waals surface area contributed by atoms with E-state index in [-0.39, 0.29) is 0 Å². The molecule has 0 saturated carbocycles. The van der Waals surface area contributed by atoms with E-state index < -0.39 is 6.83 Å². The van der Waals surface area contributed by atoms with Gasteiger partial charge in [-0.1, -0.05) is 0 Å². The zero-order chi connectivity index (χ0) is 5.98. The van der Waals surface area contributed by atoms with Crippen molar-refractivity contribution in [3.8, 4) is 12.3 Å². The first-order valence-electron chi connectivity index (χ1n) is 1.81. The molecule has 8 heavy (non-hydrogen) atoms. The van der Waals surface area contributed by atoms with Gasteiger partial charge in [0.15, 0.2) is 0 Å². The summed E-state index contributed by atoms with van der Waals surface area (Å²) in [6.45, 7) is -1.58. The van der Waals surface area contributed by atoms with Crippen molar-refractivity contribution < 1.29 is 8.76 Å². The van der Waals surface area contributed by atoms with Crippen LogP contribution in [0.3, 0.4) is 0 Å². The predicted molar refractivity (Wildman–Crippen MR) is 32.1 cm³/mol. The van der Waals surface area contributed by atoms with Crippen LogP contribution in [-0.2, 0) is 4.57 Å². The number of hydrogen-bond acceptors (Lipinski definition) is 3. The molecule has 0 saturated heterocycles. The van der Waals surface area contributed by atoms with Gasteiger partial charge in [0.25, 0.3) is 5.76 Å². The molecule has 1 unspecified atom stereocenters. The van der Waals surface area contributed by atoms with E-state index in [1.54, 1.807) is 5.38 Å². The van der Waals surface area contributed by atoms with Crippen LogP contribution in [0.15, 0.2) is 9.58 Å². The van der Waals surface area contributed by atoms with Gasteiger partial charge in [-0.2, -0.15) is 0 Å². The average Bonchev–Trinajstić information content (AvgIpc) is 2.14. The third-order valence-corrected chi connectivity index (χ3v) is 2.45. The van der Waals surface area contributed by atoms with Crippen molar-refractivity contribution in [3.05, 3.63) is 11.1 Å². The third-order valence-electron chi connectivity index (χ3n) is 0.561. The molecule has 0 aromatic carbocycles. The summed E-state index contributed by atoms with van der Waals surface area (Å²) in [6, 6.07) is 0. The summed E-state index contributed by atoms with van der Waals surface area (Å²) in [4.78, 5) is 0. The lowest BCUT2D eigenvalue weighted by Crippen LogP contribution is -1.53. The highest BCUT2D eigenvalue weighted by molar-refractivity contribution is 7.80. The molecule has 0 aliphatic rings. The fourth-order valence-electron chi connectivity index (χ4n) is 0.275. The molecule has 1 atom stereocenters. The van der Waals surface area contributed by atoms with E-state index >= 15 is 0 Å². The van der Waals surface area contributed by atoms with E-state index in [1.165, 1.54) is 0 Å². The predicted octanol–water partition coefficient (Wildman–Crippen LogP) is 2.06. The summed E-state index contributed by atoms with van der Waals surface area (Å²) in [6.07, 6.45) is 4.91. The van der Waals surface area contributed by atoms with Crippen molar-refractivity contribution >= 4 is 17.8 Å². The highest BCUT2D eigenvalue weighted by atomic mass is 32.5. The fourth-order valence-corrected chi connectivity index (χ4v) is 1.87. The zero-order valence-corrected chi connectivity index (χ0v) is 5.54. The van der Waals surface area contributed by atoms with Gasteiger partial charge in [0.2, 0.25) is 0 Å². The van der Waals surface area contributed by atoms with Gasteiger partial charge in [-0.25, -0.2) is 4.20 Å². The average molecular weight is 145 g/mol.